The zero-order valence-electron chi connectivity index (χ0n) is 8.84. The summed E-state index contributed by atoms with van der Waals surface area (Å²) in [6, 6.07) is 0. The molecular formula is C9H20O3Si. The monoisotopic (exact) mass is 204 g/mol. The Morgan fingerprint density at radius 3 is 2.46 bits per heavy atom. The van der Waals surface area contributed by atoms with Crippen molar-refractivity contribution in [2.75, 3.05) is 20.8 Å². The smallest absolute Gasteiger partial charge is 0.364 e. The molecule has 0 aromatic carbocycles. The van der Waals surface area contributed by atoms with Crippen LogP contribution in [0.1, 0.15) is 25.7 Å². The van der Waals surface area contributed by atoms with Gasteiger partial charge in [0.15, 0.2) is 0 Å². The first-order valence-electron chi connectivity index (χ1n) is 4.95. The molecular weight excluding hydrogens is 184 g/mol. The van der Waals surface area contributed by atoms with Crippen LogP contribution >= 0.6 is 0 Å². The van der Waals surface area contributed by atoms with Gasteiger partial charge in [-0.05, 0) is 19.4 Å². The summed E-state index contributed by atoms with van der Waals surface area (Å²) in [5, 5.41) is 0. The number of rotatable bonds is 3. The summed E-state index contributed by atoms with van der Waals surface area (Å²) >= 11 is 0. The molecule has 0 radical (unpaired) electrons. The van der Waals surface area contributed by atoms with Crippen LogP contribution < -0.4 is 0 Å². The molecule has 3 nitrogen and oxygen atoms in total. The summed E-state index contributed by atoms with van der Waals surface area (Å²) in [6.07, 6.45) is 4.77. The van der Waals surface area contributed by atoms with E-state index in [1.165, 1.54) is 19.3 Å². The summed E-state index contributed by atoms with van der Waals surface area (Å²) in [7, 11) is 1.40. The largest absolute Gasteiger partial charge is 0.396 e. The maximum atomic E-state index is 5.76. The summed E-state index contributed by atoms with van der Waals surface area (Å²) in [6.45, 7) is 2.93. The molecule has 1 aliphatic heterocycles. The predicted molar refractivity (Wildman–Crippen MR) is 53.8 cm³/mol. The first-order chi connectivity index (χ1) is 6.23. The molecule has 1 atom stereocenters. The van der Waals surface area contributed by atoms with E-state index in [0.29, 0.717) is 0 Å². The minimum atomic E-state index is -2.05. The molecule has 0 aliphatic carbocycles. The third-order valence-electron chi connectivity index (χ3n) is 2.83. The van der Waals surface area contributed by atoms with Crippen molar-refractivity contribution in [1.82, 2.24) is 0 Å². The zero-order chi connectivity index (χ0) is 9.73. The summed E-state index contributed by atoms with van der Waals surface area (Å²) in [5.41, 5.74) is 0.213. The maximum Gasteiger partial charge on any atom is 0.364 e. The Kier molecular flexibility index (Phi) is 4.38. The van der Waals surface area contributed by atoms with Gasteiger partial charge in [0.1, 0.15) is 5.73 Å². The van der Waals surface area contributed by atoms with Crippen molar-refractivity contribution in [2.24, 2.45) is 0 Å². The number of ether oxygens (including phenoxy) is 1. The Hall–Kier alpha value is 0.0969. The van der Waals surface area contributed by atoms with Crippen LogP contribution in [0.2, 0.25) is 6.55 Å². The van der Waals surface area contributed by atoms with Gasteiger partial charge in [-0.15, -0.1) is 0 Å². The van der Waals surface area contributed by atoms with Gasteiger partial charge in [-0.1, -0.05) is 12.8 Å². The quantitative estimate of drug-likeness (QED) is 0.657. The average Bonchev–Trinajstić information content (AvgIpc) is 2.45. The fourth-order valence-electron chi connectivity index (χ4n) is 1.68. The summed E-state index contributed by atoms with van der Waals surface area (Å²) in [5.74, 6) is 0. The lowest BCUT2D eigenvalue weighted by atomic mass is 10.2. The van der Waals surface area contributed by atoms with E-state index in [9.17, 15) is 0 Å². The minimum absolute atomic E-state index is 0.213. The molecule has 0 aromatic heterocycles. The maximum absolute atomic E-state index is 5.76. The Morgan fingerprint density at radius 1 is 1.15 bits per heavy atom. The molecule has 0 spiro atoms. The SMILES string of the molecule is CO[Si](C)(OC)C1CCCCCO1. The highest BCUT2D eigenvalue weighted by Crippen LogP contribution is 2.22. The molecule has 0 N–H and O–H groups in total. The van der Waals surface area contributed by atoms with Crippen LogP contribution in [0.15, 0.2) is 0 Å². The second-order valence-electron chi connectivity index (χ2n) is 3.63. The Bertz CT molecular complexity index is 140. The molecule has 1 rings (SSSR count). The van der Waals surface area contributed by atoms with Crippen molar-refractivity contribution in [3.63, 3.8) is 0 Å². The lowest BCUT2D eigenvalue weighted by molar-refractivity contribution is 0.0647. The van der Waals surface area contributed by atoms with Crippen LogP contribution in [0.3, 0.4) is 0 Å². The van der Waals surface area contributed by atoms with Crippen molar-refractivity contribution in [1.29, 1.82) is 0 Å². The van der Waals surface area contributed by atoms with E-state index in [0.717, 1.165) is 13.0 Å². The van der Waals surface area contributed by atoms with Gasteiger partial charge in [-0.3, -0.25) is 0 Å². The van der Waals surface area contributed by atoms with E-state index in [2.05, 4.69) is 6.55 Å². The average molecular weight is 204 g/mol. The second-order valence-corrected chi connectivity index (χ2v) is 7.13. The summed E-state index contributed by atoms with van der Waals surface area (Å²) < 4.78 is 16.7. The lowest BCUT2D eigenvalue weighted by Gasteiger charge is -2.30. The van der Waals surface area contributed by atoms with E-state index < -0.39 is 8.56 Å². The molecule has 0 bridgehead atoms. The zero-order valence-corrected chi connectivity index (χ0v) is 9.84. The highest BCUT2D eigenvalue weighted by molar-refractivity contribution is 6.67. The van der Waals surface area contributed by atoms with Gasteiger partial charge in [-0.2, -0.15) is 0 Å². The van der Waals surface area contributed by atoms with E-state index >= 15 is 0 Å². The Labute approximate surface area is 81.6 Å². The van der Waals surface area contributed by atoms with Crippen molar-refractivity contribution < 1.29 is 13.6 Å². The topological polar surface area (TPSA) is 27.7 Å². The van der Waals surface area contributed by atoms with E-state index in [4.69, 9.17) is 13.6 Å². The van der Waals surface area contributed by atoms with Gasteiger partial charge in [0, 0.05) is 20.8 Å². The Balaban J connectivity index is 2.55. The molecule has 0 amide bonds. The van der Waals surface area contributed by atoms with Crippen LogP contribution in [0.4, 0.5) is 0 Å². The van der Waals surface area contributed by atoms with Crippen molar-refractivity contribution in [2.45, 2.75) is 38.0 Å². The third-order valence-corrected chi connectivity index (χ3v) is 6.07. The van der Waals surface area contributed by atoms with Crippen molar-refractivity contribution in [3.8, 4) is 0 Å². The van der Waals surface area contributed by atoms with E-state index in [1.54, 1.807) is 14.2 Å². The molecule has 13 heavy (non-hydrogen) atoms. The van der Waals surface area contributed by atoms with Crippen LogP contribution in [0, 0.1) is 0 Å². The van der Waals surface area contributed by atoms with Crippen molar-refractivity contribution in [3.05, 3.63) is 0 Å². The molecule has 0 aromatic rings. The molecule has 4 heteroatoms. The molecule has 78 valence electrons. The van der Waals surface area contributed by atoms with Crippen LogP contribution in [0.5, 0.6) is 0 Å². The van der Waals surface area contributed by atoms with Gasteiger partial charge >= 0.3 is 8.56 Å². The fourth-order valence-corrected chi connectivity index (χ4v) is 3.52. The predicted octanol–water partition coefficient (Wildman–Crippen LogP) is 1.85. The molecule has 1 fully saturated rings. The van der Waals surface area contributed by atoms with E-state index in [1.807, 2.05) is 0 Å². The molecule has 1 unspecified atom stereocenters. The van der Waals surface area contributed by atoms with Crippen LogP contribution in [-0.2, 0) is 13.6 Å². The highest BCUT2D eigenvalue weighted by Gasteiger charge is 2.40. The summed E-state index contributed by atoms with van der Waals surface area (Å²) in [4.78, 5) is 0. The molecule has 1 saturated heterocycles. The van der Waals surface area contributed by atoms with Gasteiger partial charge in [0.05, 0.1) is 0 Å². The van der Waals surface area contributed by atoms with Crippen LogP contribution in [-0.4, -0.2) is 35.1 Å². The van der Waals surface area contributed by atoms with Gasteiger partial charge in [0.2, 0.25) is 0 Å². The van der Waals surface area contributed by atoms with Crippen LogP contribution in [0.25, 0.3) is 0 Å². The van der Waals surface area contributed by atoms with Gasteiger partial charge in [-0.25, -0.2) is 0 Å². The third kappa shape index (κ3) is 2.77. The van der Waals surface area contributed by atoms with Gasteiger partial charge in [0.25, 0.3) is 0 Å². The first-order valence-corrected chi connectivity index (χ1v) is 7.34. The highest BCUT2D eigenvalue weighted by atomic mass is 28.4. The normalized spacial score (nSPS) is 25.6. The number of hydrogen-bond acceptors (Lipinski definition) is 3. The minimum Gasteiger partial charge on any atom is -0.396 e. The standard InChI is InChI=1S/C9H20O3Si/c1-10-13(3,11-2)9-7-5-4-6-8-12-9/h9H,4-8H2,1-3H3. The van der Waals surface area contributed by atoms with E-state index in [-0.39, 0.29) is 5.73 Å². The second kappa shape index (κ2) is 5.10. The first kappa shape index (κ1) is 11.2. The van der Waals surface area contributed by atoms with Gasteiger partial charge < -0.3 is 13.6 Å². The van der Waals surface area contributed by atoms with Crippen molar-refractivity contribution >= 4 is 8.56 Å². The lowest BCUT2D eigenvalue weighted by Crippen LogP contribution is -2.50. The molecule has 1 heterocycles. The Morgan fingerprint density at radius 2 is 1.85 bits per heavy atom. The fraction of sp³-hybridized carbons (Fsp3) is 1.00. The molecule has 1 aliphatic rings. The number of hydrogen-bond donors (Lipinski definition) is 0. The molecule has 0 saturated carbocycles.